The minimum atomic E-state index is 0.209. The van der Waals surface area contributed by atoms with E-state index in [1.165, 1.54) is 32.1 Å². The zero-order valence-corrected chi connectivity index (χ0v) is 7.42. The van der Waals surface area contributed by atoms with Gasteiger partial charge < -0.3 is 9.47 Å². The highest BCUT2D eigenvalue weighted by atomic mass is 16.7. The van der Waals surface area contributed by atoms with Gasteiger partial charge in [0.15, 0.2) is 0 Å². The summed E-state index contributed by atoms with van der Waals surface area (Å²) in [5, 5.41) is 0. The van der Waals surface area contributed by atoms with Crippen LogP contribution in [0.15, 0.2) is 0 Å². The molecular weight excluding hydrogens is 152 g/mol. The summed E-state index contributed by atoms with van der Waals surface area (Å²) in [6.07, 6.45) is 7.46. The smallest absolute Gasteiger partial charge is 0.123 e. The van der Waals surface area contributed by atoms with Gasteiger partial charge in [-0.1, -0.05) is 19.3 Å². The quantitative estimate of drug-likeness (QED) is 0.556. The predicted molar refractivity (Wildman–Crippen MR) is 45.0 cm³/mol. The van der Waals surface area contributed by atoms with Crippen LogP contribution >= 0.6 is 0 Å². The fraction of sp³-hybridized carbons (Fsp3) is 1.00. The monoisotopic (exact) mass is 168 g/mol. The van der Waals surface area contributed by atoms with Crippen LogP contribution in [0.2, 0.25) is 0 Å². The van der Waals surface area contributed by atoms with Crippen LogP contribution < -0.4 is 0 Å². The van der Waals surface area contributed by atoms with Crippen LogP contribution in [0.25, 0.3) is 0 Å². The van der Waals surface area contributed by atoms with Crippen LogP contribution in [-0.4, -0.2) is 24.9 Å². The second kappa shape index (κ2) is 2.46. The molecule has 0 spiro atoms. The van der Waals surface area contributed by atoms with E-state index < -0.39 is 0 Å². The molecule has 0 amide bonds. The third-order valence-corrected chi connectivity index (χ3v) is 3.74. The van der Waals surface area contributed by atoms with Gasteiger partial charge in [0.25, 0.3) is 0 Å². The molecular formula is C10H16O2. The molecule has 68 valence electrons. The van der Waals surface area contributed by atoms with Crippen LogP contribution in [0.1, 0.15) is 32.1 Å². The maximum Gasteiger partial charge on any atom is 0.123 e. The van der Waals surface area contributed by atoms with E-state index in [9.17, 15) is 0 Å². The highest BCUT2D eigenvalue weighted by Crippen LogP contribution is 2.52. The first kappa shape index (κ1) is 7.34. The molecule has 0 aromatic carbocycles. The molecule has 3 aliphatic rings. The Hall–Kier alpha value is -0.0800. The van der Waals surface area contributed by atoms with Gasteiger partial charge in [0.1, 0.15) is 11.7 Å². The summed E-state index contributed by atoms with van der Waals surface area (Å²) in [6.45, 7) is 1.73. The lowest BCUT2D eigenvalue weighted by Crippen LogP contribution is -2.29. The number of hydrogen-bond donors (Lipinski definition) is 0. The van der Waals surface area contributed by atoms with Crippen molar-refractivity contribution >= 4 is 0 Å². The van der Waals surface area contributed by atoms with E-state index in [4.69, 9.17) is 9.47 Å². The van der Waals surface area contributed by atoms with Crippen molar-refractivity contribution in [2.75, 3.05) is 13.2 Å². The van der Waals surface area contributed by atoms with Gasteiger partial charge in [-0.05, 0) is 18.8 Å². The van der Waals surface area contributed by atoms with E-state index in [0.29, 0.717) is 6.10 Å². The number of hydrogen-bond acceptors (Lipinski definition) is 2. The molecule has 1 saturated carbocycles. The molecule has 2 nitrogen and oxygen atoms in total. The Labute approximate surface area is 73.2 Å². The molecule has 12 heavy (non-hydrogen) atoms. The van der Waals surface area contributed by atoms with E-state index in [1.807, 2.05) is 0 Å². The van der Waals surface area contributed by atoms with E-state index in [1.54, 1.807) is 0 Å². The van der Waals surface area contributed by atoms with Crippen LogP contribution in [0, 0.1) is 5.92 Å². The molecule has 3 rings (SSSR count). The third-order valence-electron chi connectivity index (χ3n) is 3.74. The summed E-state index contributed by atoms with van der Waals surface area (Å²) in [6, 6.07) is 0. The van der Waals surface area contributed by atoms with Crippen molar-refractivity contribution in [3.8, 4) is 0 Å². The fourth-order valence-corrected chi connectivity index (χ4v) is 2.93. The maximum absolute atomic E-state index is 5.75. The Morgan fingerprint density at radius 3 is 2.50 bits per heavy atom. The number of fused-ring (bicyclic) bond motifs is 1. The van der Waals surface area contributed by atoms with Crippen molar-refractivity contribution in [3.05, 3.63) is 0 Å². The normalized spacial score (nSPS) is 47.5. The van der Waals surface area contributed by atoms with Crippen LogP contribution in [0.5, 0.6) is 0 Å². The molecule has 0 radical (unpaired) electrons. The number of ether oxygens (including phenoxy) is 2. The van der Waals surface area contributed by atoms with Crippen LogP contribution in [0.4, 0.5) is 0 Å². The van der Waals surface area contributed by atoms with Gasteiger partial charge in [-0.15, -0.1) is 0 Å². The second-order valence-electron chi connectivity index (χ2n) is 4.41. The van der Waals surface area contributed by atoms with Gasteiger partial charge in [0.2, 0.25) is 0 Å². The van der Waals surface area contributed by atoms with Crippen molar-refractivity contribution in [1.82, 2.24) is 0 Å². The Balaban J connectivity index is 1.71. The molecule has 1 aliphatic carbocycles. The Kier molecular flexibility index (Phi) is 1.50. The van der Waals surface area contributed by atoms with Crippen LogP contribution in [-0.2, 0) is 9.47 Å². The lowest BCUT2D eigenvalue weighted by Gasteiger charge is -2.25. The molecule has 0 bridgehead atoms. The van der Waals surface area contributed by atoms with Crippen molar-refractivity contribution < 1.29 is 9.47 Å². The largest absolute Gasteiger partial charge is 0.376 e. The van der Waals surface area contributed by atoms with Gasteiger partial charge in [-0.3, -0.25) is 0 Å². The molecule has 0 N–H and O–H groups in total. The lowest BCUT2D eigenvalue weighted by atomic mass is 9.79. The van der Waals surface area contributed by atoms with Gasteiger partial charge in [0.05, 0.1) is 13.2 Å². The van der Waals surface area contributed by atoms with Crippen molar-refractivity contribution in [2.24, 2.45) is 5.92 Å². The minimum absolute atomic E-state index is 0.209. The Morgan fingerprint density at radius 2 is 1.92 bits per heavy atom. The van der Waals surface area contributed by atoms with E-state index in [-0.39, 0.29) is 5.60 Å². The topological polar surface area (TPSA) is 21.8 Å². The summed E-state index contributed by atoms with van der Waals surface area (Å²) >= 11 is 0. The molecule has 2 atom stereocenters. The molecule has 3 fully saturated rings. The summed E-state index contributed by atoms with van der Waals surface area (Å²) in [4.78, 5) is 0. The zero-order valence-electron chi connectivity index (χ0n) is 7.42. The van der Waals surface area contributed by atoms with Crippen LogP contribution in [0.3, 0.4) is 0 Å². The number of epoxide rings is 1. The number of rotatable bonds is 1. The zero-order chi connectivity index (χ0) is 8.02. The molecule has 2 aliphatic heterocycles. The van der Waals surface area contributed by atoms with Gasteiger partial charge in [-0.2, -0.15) is 0 Å². The molecule has 2 heterocycles. The first-order chi connectivity index (χ1) is 5.92. The van der Waals surface area contributed by atoms with Crippen molar-refractivity contribution in [1.29, 1.82) is 0 Å². The fourth-order valence-electron chi connectivity index (χ4n) is 2.93. The predicted octanol–water partition coefficient (Wildman–Crippen LogP) is 1.73. The minimum Gasteiger partial charge on any atom is -0.376 e. The van der Waals surface area contributed by atoms with Gasteiger partial charge >= 0.3 is 0 Å². The highest BCUT2D eigenvalue weighted by Gasteiger charge is 2.64. The third kappa shape index (κ3) is 0.882. The summed E-state index contributed by atoms with van der Waals surface area (Å²) in [5.74, 6) is 0.818. The Bertz CT molecular complexity index is 186. The van der Waals surface area contributed by atoms with E-state index in [0.717, 1.165) is 19.1 Å². The van der Waals surface area contributed by atoms with E-state index >= 15 is 0 Å². The maximum atomic E-state index is 5.75. The average molecular weight is 168 g/mol. The molecule has 0 aromatic heterocycles. The van der Waals surface area contributed by atoms with E-state index in [2.05, 4.69) is 0 Å². The van der Waals surface area contributed by atoms with Crippen molar-refractivity contribution in [3.63, 3.8) is 0 Å². The summed E-state index contributed by atoms with van der Waals surface area (Å²) in [7, 11) is 0. The van der Waals surface area contributed by atoms with Gasteiger partial charge in [-0.25, -0.2) is 0 Å². The lowest BCUT2D eigenvalue weighted by molar-refractivity contribution is 0.0399. The SMILES string of the molecule is C1CCC(C23COCC2O3)CC1. The first-order valence-electron chi connectivity index (χ1n) is 5.17. The summed E-state index contributed by atoms with van der Waals surface area (Å²) in [5.41, 5.74) is 0.209. The average Bonchev–Trinajstić information content (AvgIpc) is 2.72. The summed E-state index contributed by atoms with van der Waals surface area (Å²) < 4.78 is 11.2. The Morgan fingerprint density at radius 1 is 1.08 bits per heavy atom. The molecule has 2 saturated heterocycles. The highest BCUT2D eigenvalue weighted by molar-refractivity contribution is 5.10. The van der Waals surface area contributed by atoms with Gasteiger partial charge in [0, 0.05) is 0 Å². The van der Waals surface area contributed by atoms with Crippen molar-refractivity contribution in [2.45, 2.75) is 43.8 Å². The molecule has 2 heteroatoms. The standard InChI is InChI=1S/C10H16O2/c1-2-4-8(5-3-1)10-7-11-6-9(10)12-10/h8-9H,1-7H2. The second-order valence-corrected chi connectivity index (χ2v) is 4.41. The molecule has 2 unspecified atom stereocenters. The molecule has 0 aromatic rings. The first-order valence-corrected chi connectivity index (χ1v) is 5.17.